The highest BCUT2D eigenvalue weighted by Crippen LogP contribution is 2.19. The van der Waals surface area contributed by atoms with E-state index in [1.54, 1.807) is 19.1 Å². The lowest BCUT2D eigenvalue weighted by molar-refractivity contribution is 0.233. The Kier molecular flexibility index (Phi) is 4.60. The van der Waals surface area contributed by atoms with Gasteiger partial charge in [-0.3, -0.25) is 0 Å². The highest BCUT2D eigenvalue weighted by atomic mass is 16.3. The minimum Gasteiger partial charge on any atom is -0.389 e. The summed E-state index contributed by atoms with van der Waals surface area (Å²) in [6, 6.07) is 0. The molecule has 1 atom stereocenters. The van der Waals surface area contributed by atoms with Gasteiger partial charge in [-0.25, -0.2) is 0 Å². The van der Waals surface area contributed by atoms with Crippen molar-refractivity contribution in [2.45, 2.75) is 26.9 Å². The van der Waals surface area contributed by atoms with Crippen LogP contribution in [0.1, 0.15) is 20.8 Å². The van der Waals surface area contributed by atoms with Gasteiger partial charge in [0, 0.05) is 0 Å². The zero-order chi connectivity index (χ0) is 9.72. The number of hydrogen-bond donors (Lipinski definition) is 1. The molecular weight excluding hydrogens is 148 g/mol. The standard InChI is InChI=1S/C11H18O/c1-6-10(8(3)4)11(7-2)9(5)12/h6-9,12H,1-2H2,3-5H3/b11-10-. The van der Waals surface area contributed by atoms with Crippen LogP contribution in [0.4, 0.5) is 0 Å². The molecule has 0 aromatic rings. The van der Waals surface area contributed by atoms with Crippen LogP contribution in [0, 0.1) is 5.92 Å². The lowest BCUT2D eigenvalue weighted by atomic mass is 9.94. The van der Waals surface area contributed by atoms with Crippen molar-refractivity contribution in [1.29, 1.82) is 0 Å². The van der Waals surface area contributed by atoms with Crippen LogP contribution in [0.5, 0.6) is 0 Å². The zero-order valence-corrected chi connectivity index (χ0v) is 8.17. The summed E-state index contributed by atoms with van der Waals surface area (Å²) in [6.07, 6.45) is 3.02. The maximum absolute atomic E-state index is 9.39. The van der Waals surface area contributed by atoms with Gasteiger partial charge in [-0.15, -0.1) is 0 Å². The predicted octanol–water partition coefficient (Wildman–Crippen LogP) is 2.69. The molecule has 12 heavy (non-hydrogen) atoms. The normalized spacial score (nSPS) is 15.4. The molecule has 1 N–H and O–H groups in total. The van der Waals surface area contributed by atoms with E-state index in [0.29, 0.717) is 5.92 Å². The summed E-state index contributed by atoms with van der Waals surface area (Å²) in [6.45, 7) is 13.3. The summed E-state index contributed by atoms with van der Waals surface area (Å²) >= 11 is 0. The van der Waals surface area contributed by atoms with Gasteiger partial charge >= 0.3 is 0 Å². The molecule has 0 amide bonds. The number of allylic oxidation sites excluding steroid dienone is 2. The third-order valence-electron chi connectivity index (χ3n) is 1.85. The molecule has 0 aliphatic carbocycles. The smallest absolute Gasteiger partial charge is 0.0764 e. The van der Waals surface area contributed by atoms with E-state index < -0.39 is 6.10 Å². The number of hydrogen-bond acceptors (Lipinski definition) is 1. The van der Waals surface area contributed by atoms with E-state index in [0.717, 1.165) is 11.1 Å². The van der Waals surface area contributed by atoms with Crippen LogP contribution in [0.3, 0.4) is 0 Å². The fraction of sp³-hybridized carbons (Fsp3) is 0.455. The van der Waals surface area contributed by atoms with E-state index in [2.05, 4.69) is 27.0 Å². The number of rotatable bonds is 4. The van der Waals surface area contributed by atoms with Gasteiger partial charge in [-0.2, -0.15) is 0 Å². The number of aliphatic hydroxyl groups is 1. The third kappa shape index (κ3) is 2.67. The lowest BCUT2D eigenvalue weighted by Crippen LogP contribution is -2.07. The van der Waals surface area contributed by atoms with Crippen LogP contribution >= 0.6 is 0 Å². The lowest BCUT2D eigenvalue weighted by Gasteiger charge is -2.14. The monoisotopic (exact) mass is 166 g/mol. The number of aliphatic hydroxyl groups excluding tert-OH is 1. The van der Waals surface area contributed by atoms with Gasteiger partial charge in [-0.05, 0) is 24.0 Å². The molecule has 0 bridgehead atoms. The first-order valence-corrected chi connectivity index (χ1v) is 4.21. The van der Waals surface area contributed by atoms with Gasteiger partial charge in [0.1, 0.15) is 0 Å². The predicted molar refractivity (Wildman–Crippen MR) is 53.9 cm³/mol. The summed E-state index contributed by atoms with van der Waals surface area (Å²) in [5.41, 5.74) is 1.94. The molecule has 1 unspecified atom stereocenters. The van der Waals surface area contributed by atoms with Crippen molar-refractivity contribution >= 4 is 0 Å². The maximum Gasteiger partial charge on any atom is 0.0764 e. The summed E-state index contributed by atoms with van der Waals surface area (Å²) in [7, 11) is 0. The molecular formula is C11H18O. The van der Waals surface area contributed by atoms with Crippen molar-refractivity contribution in [2.75, 3.05) is 0 Å². The second-order valence-corrected chi connectivity index (χ2v) is 3.15. The van der Waals surface area contributed by atoms with Crippen LogP contribution in [0.25, 0.3) is 0 Å². The van der Waals surface area contributed by atoms with Crippen molar-refractivity contribution in [2.24, 2.45) is 5.92 Å². The Morgan fingerprint density at radius 3 is 1.58 bits per heavy atom. The Hall–Kier alpha value is -0.820. The van der Waals surface area contributed by atoms with Crippen LogP contribution in [-0.2, 0) is 0 Å². The Morgan fingerprint density at radius 1 is 1.08 bits per heavy atom. The summed E-state index contributed by atoms with van der Waals surface area (Å²) in [4.78, 5) is 0. The van der Waals surface area contributed by atoms with E-state index in [9.17, 15) is 5.11 Å². The molecule has 1 heteroatoms. The van der Waals surface area contributed by atoms with Gasteiger partial charge in [0.15, 0.2) is 0 Å². The second kappa shape index (κ2) is 4.94. The van der Waals surface area contributed by atoms with Crippen LogP contribution < -0.4 is 0 Å². The van der Waals surface area contributed by atoms with Crippen molar-refractivity contribution in [3.63, 3.8) is 0 Å². The van der Waals surface area contributed by atoms with Crippen molar-refractivity contribution in [3.8, 4) is 0 Å². The molecule has 0 saturated carbocycles. The molecule has 0 aromatic heterocycles. The van der Waals surface area contributed by atoms with Crippen molar-refractivity contribution < 1.29 is 5.11 Å². The molecule has 0 aliphatic heterocycles. The molecule has 68 valence electrons. The first kappa shape index (κ1) is 11.2. The Morgan fingerprint density at radius 2 is 1.50 bits per heavy atom. The van der Waals surface area contributed by atoms with Gasteiger partial charge in [0.2, 0.25) is 0 Å². The van der Waals surface area contributed by atoms with E-state index >= 15 is 0 Å². The van der Waals surface area contributed by atoms with Crippen molar-refractivity contribution in [3.05, 3.63) is 36.5 Å². The molecule has 0 rings (SSSR count). The second-order valence-electron chi connectivity index (χ2n) is 3.15. The van der Waals surface area contributed by atoms with Crippen LogP contribution in [0.15, 0.2) is 36.5 Å². The molecule has 0 heterocycles. The highest BCUT2D eigenvalue weighted by Gasteiger charge is 2.08. The fourth-order valence-electron chi connectivity index (χ4n) is 1.22. The minimum absolute atomic E-state index is 0.380. The molecule has 0 aromatic carbocycles. The molecule has 0 aliphatic rings. The van der Waals surface area contributed by atoms with Gasteiger partial charge in [0.25, 0.3) is 0 Å². The SMILES string of the molecule is C=C/C(=C(\C=C)C(C)O)C(C)C. The van der Waals surface area contributed by atoms with Crippen LogP contribution in [0.2, 0.25) is 0 Å². The third-order valence-corrected chi connectivity index (χ3v) is 1.85. The van der Waals surface area contributed by atoms with Crippen LogP contribution in [-0.4, -0.2) is 11.2 Å². The topological polar surface area (TPSA) is 20.2 Å². The maximum atomic E-state index is 9.39. The quantitative estimate of drug-likeness (QED) is 0.637. The van der Waals surface area contributed by atoms with E-state index in [1.165, 1.54) is 0 Å². The largest absolute Gasteiger partial charge is 0.389 e. The Labute approximate surface area is 75.1 Å². The van der Waals surface area contributed by atoms with E-state index in [1.807, 2.05) is 0 Å². The summed E-state index contributed by atoms with van der Waals surface area (Å²) < 4.78 is 0. The zero-order valence-electron chi connectivity index (χ0n) is 8.17. The Balaban J connectivity index is 5.00. The first-order chi connectivity index (χ1) is 5.54. The average Bonchev–Trinajstić information content (AvgIpc) is 1.98. The molecule has 0 fully saturated rings. The average molecular weight is 166 g/mol. The fourth-order valence-corrected chi connectivity index (χ4v) is 1.22. The summed E-state index contributed by atoms with van der Waals surface area (Å²) in [5, 5.41) is 9.39. The molecule has 0 saturated heterocycles. The molecule has 0 spiro atoms. The molecule has 1 nitrogen and oxygen atoms in total. The molecule has 0 radical (unpaired) electrons. The summed E-state index contributed by atoms with van der Waals surface area (Å²) in [5.74, 6) is 0.380. The van der Waals surface area contributed by atoms with Gasteiger partial charge < -0.3 is 5.11 Å². The van der Waals surface area contributed by atoms with E-state index in [-0.39, 0.29) is 0 Å². The first-order valence-electron chi connectivity index (χ1n) is 4.21. The van der Waals surface area contributed by atoms with Crippen molar-refractivity contribution in [1.82, 2.24) is 0 Å². The minimum atomic E-state index is -0.460. The van der Waals surface area contributed by atoms with Gasteiger partial charge in [0.05, 0.1) is 6.10 Å². The Bertz CT molecular complexity index is 175. The highest BCUT2D eigenvalue weighted by molar-refractivity contribution is 5.34. The van der Waals surface area contributed by atoms with Gasteiger partial charge in [-0.1, -0.05) is 39.2 Å². The van der Waals surface area contributed by atoms with E-state index in [4.69, 9.17) is 0 Å².